The molecule has 0 unspecified atom stereocenters. The Labute approximate surface area is 377 Å². The highest BCUT2D eigenvalue weighted by Gasteiger charge is 2.36. The number of hydrogen-bond donors (Lipinski definition) is 0. The van der Waals surface area contributed by atoms with Crippen molar-refractivity contribution in [2.24, 2.45) is 0 Å². The number of furan rings is 1. The lowest BCUT2D eigenvalue weighted by molar-refractivity contribution is 0.660. The Balaban J connectivity index is 1.17. The molecule has 0 bridgehead atoms. The second-order valence-electron chi connectivity index (χ2n) is 18.0. The van der Waals surface area contributed by atoms with Crippen molar-refractivity contribution in [2.45, 2.75) is 19.3 Å². The van der Waals surface area contributed by atoms with Gasteiger partial charge in [0.2, 0.25) is 0 Å². The van der Waals surface area contributed by atoms with Crippen molar-refractivity contribution >= 4 is 65.3 Å². The molecule has 0 N–H and O–H groups in total. The molecule has 0 atom stereocenters. The summed E-state index contributed by atoms with van der Waals surface area (Å²) in [7, 11) is 0. The fraction of sp³-hybridized carbons (Fsp3) is 0.0476. The Bertz CT molecular complexity index is 3960. The van der Waals surface area contributed by atoms with Crippen LogP contribution in [-0.2, 0) is 5.41 Å². The molecule has 0 aliphatic heterocycles. The summed E-state index contributed by atoms with van der Waals surface area (Å²) in [5, 5.41) is 9.32. The average molecular weight is 830 g/mol. The molecule has 1 aliphatic carbocycles. The molecule has 10 aromatic carbocycles. The van der Waals surface area contributed by atoms with Crippen LogP contribution in [0.3, 0.4) is 0 Å². The van der Waals surface area contributed by atoms with Gasteiger partial charge in [0.05, 0.1) is 11.0 Å². The zero-order valence-electron chi connectivity index (χ0n) is 36.2. The third-order valence-corrected chi connectivity index (χ3v) is 14.1. The first-order chi connectivity index (χ1) is 32.0. The molecule has 0 saturated heterocycles. The van der Waals surface area contributed by atoms with Crippen molar-refractivity contribution in [1.29, 1.82) is 0 Å². The van der Waals surface area contributed by atoms with Crippen LogP contribution in [0.2, 0.25) is 0 Å². The van der Waals surface area contributed by atoms with Crippen LogP contribution in [0.5, 0.6) is 0 Å². The van der Waals surface area contributed by atoms with E-state index < -0.39 is 0 Å². The van der Waals surface area contributed by atoms with Crippen LogP contribution in [0, 0.1) is 0 Å². The van der Waals surface area contributed by atoms with Gasteiger partial charge in [0.1, 0.15) is 11.2 Å². The maximum atomic E-state index is 6.64. The zero-order chi connectivity index (χ0) is 43.2. The van der Waals surface area contributed by atoms with E-state index >= 15 is 0 Å². The predicted octanol–water partition coefficient (Wildman–Crippen LogP) is 17.4. The number of para-hydroxylation sites is 2. The van der Waals surface area contributed by atoms with Gasteiger partial charge in [0, 0.05) is 38.2 Å². The minimum atomic E-state index is -0.0963. The second-order valence-corrected chi connectivity index (χ2v) is 18.0. The van der Waals surface area contributed by atoms with E-state index in [4.69, 9.17) is 4.42 Å². The molecule has 0 fully saturated rings. The standard InChI is InChI=1S/C63H43NO/c1-63(2)56-27-12-10-23-53(56)61-45(24-15-28-57(61)63)42-32-36-58-54(38-42)49-20-8-6-18-47(49)48-19-7-9-21-50(48)55-39-43(46-25-14-26-52-51-22-11-13-29-60(51)65-62(46)52)33-37-59(55)64(58)44-34-30-41(31-35-44)40-16-4-3-5-17-40/h3-39H,1-2H3. The smallest absolute Gasteiger partial charge is 0.143 e. The summed E-state index contributed by atoms with van der Waals surface area (Å²) in [5.74, 6) is 0. The van der Waals surface area contributed by atoms with Gasteiger partial charge in [-0.3, -0.25) is 0 Å². The molecular weight excluding hydrogens is 787 g/mol. The van der Waals surface area contributed by atoms with Gasteiger partial charge >= 0.3 is 0 Å². The minimum Gasteiger partial charge on any atom is -0.455 e. The van der Waals surface area contributed by atoms with Crippen LogP contribution in [0.1, 0.15) is 25.0 Å². The highest BCUT2D eigenvalue weighted by atomic mass is 16.3. The van der Waals surface area contributed by atoms with E-state index in [1.165, 1.54) is 71.4 Å². The van der Waals surface area contributed by atoms with Crippen LogP contribution in [0.25, 0.3) is 115 Å². The van der Waals surface area contributed by atoms with Crippen LogP contribution in [-0.4, -0.2) is 4.57 Å². The van der Waals surface area contributed by atoms with Crippen LogP contribution in [0.15, 0.2) is 229 Å². The van der Waals surface area contributed by atoms with E-state index in [2.05, 4.69) is 237 Å². The first-order valence-electron chi connectivity index (χ1n) is 22.6. The second kappa shape index (κ2) is 14.4. The molecule has 0 radical (unpaired) electrons. The predicted molar refractivity (Wildman–Crippen MR) is 275 cm³/mol. The fourth-order valence-corrected chi connectivity index (χ4v) is 10.9. The summed E-state index contributed by atoms with van der Waals surface area (Å²) in [4.78, 5) is 0. The number of nitrogens with zero attached hydrogens (tertiary/aromatic N) is 1. The van der Waals surface area contributed by atoms with Gasteiger partial charge in [0.25, 0.3) is 0 Å². The first kappa shape index (κ1) is 37.4. The van der Waals surface area contributed by atoms with E-state index in [0.717, 1.165) is 55.2 Å². The van der Waals surface area contributed by atoms with E-state index in [-0.39, 0.29) is 5.41 Å². The topological polar surface area (TPSA) is 18.1 Å². The lowest BCUT2D eigenvalue weighted by Gasteiger charge is -2.21. The molecular formula is C63H43NO. The summed E-state index contributed by atoms with van der Waals surface area (Å²) in [6.07, 6.45) is 0. The number of fused-ring (bicyclic) bond motifs is 13. The molecule has 2 heterocycles. The quantitative estimate of drug-likeness (QED) is 0.173. The molecule has 65 heavy (non-hydrogen) atoms. The maximum absolute atomic E-state index is 6.64. The Hall–Kier alpha value is -8.20. The lowest BCUT2D eigenvalue weighted by Crippen LogP contribution is -2.14. The average Bonchev–Trinajstić information content (AvgIpc) is 3.87. The van der Waals surface area contributed by atoms with Crippen LogP contribution < -0.4 is 0 Å². The first-order valence-corrected chi connectivity index (χ1v) is 22.6. The summed E-state index contributed by atoms with van der Waals surface area (Å²) >= 11 is 0. The van der Waals surface area contributed by atoms with Gasteiger partial charge in [0.15, 0.2) is 0 Å². The van der Waals surface area contributed by atoms with E-state index in [1.807, 2.05) is 6.07 Å². The van der Waals surface area contributed by atoms with Crippen molar-refractivity contribution in [1.82, 2.24) is 4.57 Å². The molecule has 12 aromatic rings. The number of benzene rings is 10. The Morgan fingerprint density at radius 2 is 0.815 bits per heavy atom. The molecule has 0 saturated carbocycles. The number of hydrogen-bond acceptors (Lipinski definition) is 1. The Morgan fingerprint density at radius 3 is 1.51 bits per heavy atom. The molecule has 0 spiro atoms. The van der Waals surface area contributed by atoms with Crippen LogP contribution >= 0.6 is 0 Å². The van der Waals surface area contributed by atoms with Gasteiger partial charge in [-0.15, -0.1) is 0 Å². The molecule has 0 amide bonds. The van der Waals surface area contributed by atoms with Gasteiger partial charge in [-0.1, -0.05) is 196 Å². The third kappa shape index (κ3) is 5.74. The number of aromatic nitrogens is 1. The van der Waals surface area contributed by atoms with Crippen molar-refractivity contribution in [3.05, 3.63) is 236 Å². The van der Waals surface area contributed by atoms with Gasteiger partial charge < -0.3 is 8.98 Å². The molecule has 2 nitrogen and oxygen atoms in total. The van der Waals surface area contributed by atoms with E-state index in [0.29, 0.717) is 0 Å². The summed E-state index contributed by atoms with van der Waals surface area (Å²) < 4.78 is 9.13. The largest absolute Gasteiger partial charge is 0.455 e. The summed E-state index contributed by atoms with van der Waals surface area (Å²) in [6.45, 7) is 4.72. The monoisotopic (exact) mass is 829 g/mol. The van der Waals surface area contributed by atoms with Gasteiger partial charge in [-0.05, 0) is 114 Å². The molecule has 2 heteroatoms. The molecule has 306 valence electrons. The van der Waals surface area contributed by atoms with Gasteiger partial charge in [-0.25, -0.2) is 0 Å². The fourth-order valence-electron chi connectivity index (χ4n) is 10.9. The highest BCUT2D eigenvalue weighted by molar-refractivity contribution is 6.21. The lowest BCUT2D eigenvalue weighted by atomic mass is 9.82. The summed E-state index contributed by atoms with van der Waals surface area (Å²) in [6, 6.07) is 82.5. The van der Waals surface area contributed by atoms with Crippen LogP contribution in [0.4, 0.5) is 0 Å². The Kier molecular flexibility index (Phi) is 8.29. The van der Waals surface area contributed by atoms with Crippen molar-refractivity contribution < 1.29 is 4.42 Å². The molecule has 13 rings (SSSR count). The van der Waals surface area contributed by atoms with Crippen molar-refractivity contribution in [3.63, 3.8) is 0 Å². The summed E-state index contributed by atoms with van der Waals surface area (Å²) in [5.41, 5.74) is 17.4. The Morgan fingerprint density at radius 1 is 0.338 bits per heavy atom. The highest BCUT2D eigenvalue weighted by Crippen LogP contribution is 2.52. The van der Waals surface area contributed by atoms with Crippen molar-refractivity contribution in [2.75, 3.05) is 0 Å². The number of rotatable bonds is 4. The van der Waals surface area contributed by atoms with Gasteiger partial charge in [-0.2, -0.15) is 0 Å². The molecule has 1 aliphatic rings. The third-order valence-electron chi connectivity index (χ3n) is 14.1. The van der Waals surface area contributed by atoms with Crippen molar-refractivity contribution in [3.8, 4) is 50.2 Å². The molecule has 2 aromatic heterocycles. The van der Waals surface area contributed by atoms with E-state index in [1.54, 1.807) is 0 Å². The SMILES string of the molecule is CC1(C)c2ccccc2-c2c(-c3ccc4c(c3)c3ccccc3c3ccccc3c3cc(-c5cccc6c5oc5ccccc56)ccc3n4-c3ccc(-c4ccccc4)cc3)cccc21. The zero-order valence-corrected chi connectivity index (χ0v) is 36.2. The van der Waals surface area contributed by atoms with E-state index in [9.17, 15) is 0 Å². The maximum Gasteiger partial charge on any atom is 0.143 e. The minimum absolute atomic E-state index is 0.0963. The normalized spacial score (nSPS) is 12.9.